The van der Waals surface area contributed by atoms with Gasteiger partial charge in [0.05, 0.1) is 0 Å². The third-order valence-corrected chi connectivity index (χ3v) is 2.49. The molecule has 3 nitrogen and oxygen atoms in total. The van der Waals surface area contributed by atoms with Crippen LogP contribution in [-0.2, 0) is 15.0 Å². The molecule has 0 fully saturated rings. The van der Waals surface area contributed by atoms with Gasteiger partial charge in [0, 0.05) is 0 Å². The van der Waals surface area contributed by atoms with E-state index in [-0.39, 0.29) is 12.3 Å². The molecule has 0 atom stereocenters. The van der Waals surface area contributed by atoms with Crippen LogP contribution in [0.1, 0.15) is 5.56 Å². The molecule has 0 saturated heterocycles. The van der Waals surface area contributed by atoms with Crippen molar-refractivity contribution in [2.45, 2.75) is 6.42 Å². The van der Waals surface area contributed by atoms with Crippen molar-refractivity contribution in [2.24, 2.45) is 5.73 Å². The molecule has 12 heavy (non-hydrogen) atoms. The normalized spacial score (nSPS) is 10.0. The van der Waals surface area contributed by atoms with Crippen molar-refractivity contribution in [2.75, 3.05) is 0 Å². The van der Waals surface area contributed by atoms with Gasteiger partial charge in [-0.1, -0.05) is 0 Å². The van der Waals surface area contributed by atoms with Gasteiger partial charge in [-0.05, 0) is 0 Å². The molecule has 2 N–H and O–H groups in total. The van der Waals surface area contributed by atoms with Crippen molar-refractivity contribution >= 4 is 25.9 Å². The fraction of sp³-hybridized carbons (Fsp3) is 0.125. The number of carbonyl (C=O) groups excluding carboxylic acids is 1. The van der Waals surface area contributed by atoms with Crippen LogP contribution in [0.2, 0.25) is 0 Å². The molecule has 1 aromatic rings. The molecule has 0 saturated carbocycles. The maximum atomic E-state index is 10.5. The van der Waals surface area contributed by atoms with Crippen LogP contribution in [0, 0.1) is 0 Å². The van der Waals surface area contributed by atoms with Gasteiger partial charge in [-0.15, -0.1) is 0 Å². The Morgan fingerprint density at radius 3 is 2.33 bits per heavy atom. The molecule has 0 aliphatic heterocycles. The fourth-order valence-electron chi connectivity index (χ4n) is 0.876. The van der Waals surface area contributed by atoms with Gasteiger partial charge in [-0.25, -0.2) is 0 Å². The van der Waals surface area contributed by atoms with Gasteiger partial charge in [-0.3, -0.25) is 0 Å². The Kier molecular flexibility index (Phi) is 3.17. The Morgan fingerprint density at radius 1 is 1.33 bits per heavy atom. The molecule has 0 aliphatic rings. The Labute approximate surface area is 76.9 Å². The van der Waals surface area contributed by atoms with Crippen LogP contribution in [0.25, 0.3) is 0 Å². The Hall–Kier alpha value is -0.952. The summed E-state index contributed by atoms with van der Waals surface area (Å²) in [4.78, 5) is 10.5. The Morgan fingerprint density at radius 2 is 1.92 bits per heavy atom. The summed E-state index contributed by atoms with van der Waals surface area (Å²) in [5, 5.41) is 0. The zero-order chi connectivity index (χ0) is 8.97. The van der Waals surface area contributed by atoms with E-state index >= 15 is 0 Å². The van der Waals surface area contributed by atoms with Crippen molar-refractivity contribution in [1.29, 1.82) is 0 Å². The quantitative estimate of drug-likeness (QED) is 0.697. The van der Waals surface area contributed by atoms with Crippen LogP contribution < -0.4 is 10.1 Å². The number of primary amides is 1. The molecule has 1 amide bonds. The molecule has 0 radical (unpaired) electrons. The van der Waals surface area contributed by atoms with Crippen molar-refractivity contribution in [3.63, 3.8) is 0 Å². The number of benzene rings is 1. The zero-order valence-electron chi connectivity index (χ0n) is 6.36. The third-order valence-electron chi connectivity index (χ3n) is 1.42. The second-order valence-corrected chi connectivity index (χ2v) is 3.87. The predicted octanol–water partition coefficient (Wildman–Crippen LogP) is -0.611. The molecule has 1 aromatic carbocycles. The second-order valence-electron chi connectivity index (χ2n) is 2.40. The van der Waals surface area contributed by atoms with E-state index < -0.39 is 15.7 Å². The molecule has 62 valence electrons. The molecule has 0 heterocycles. The van der Waals surface area contributed by atoms with Crippen molar-refractivity contribution in [3.05, 3.63) is 29.8 Å². The maximum absolute atomic E-state index is 10.5. The number of rotatable bonds is 3. The van der Waals surface area contributed by atoms with Gasteiger partial charge in [0.15, 0.2) is 0 Å². The zero-order valence-corrected chi connectivity index (χ0v) is 8.23. The van der Waals surface area contributed by atoms with E-state index in [1.54, 1.807) is 24.3 Å². The Balaban J connectivity index is 2.77. The number of nitrogens with two attached hydrogens (primary N) is 1. The molecule has 0 aliphatic carbocycles. The molecule has 4 heteroatoms. The average molecular weight is 225 g/mol. The van der Waals surface area contributed by atoms with Gasteiger partial charge in [0.25, 0.3) is 0 Å². The van der Waals surface area contributed by atoms with Crippen LogP contribution in [-0.4, -0.2) is 21.6 Å². The minimum absolute atomic E-state index is 0.246. The van der Waals surface area contributed by atoms with Gasteiger partial charge < -0.3 is 0 Å². The molecule has 1 rings (SSSR count). The molecular formula is C8H8AsNO2. The van der Waals surface area contributed by atoms with E-state index in [1.165, 1.54) is 0 Å². The summed E-state index contributed by atoms with van der Waals surface area (Å²) in [6.45, 7) is 0. The molecule has 0 spiro atoms. The van der Waals surface area contributed by atoms with E-state index in [1.807, 2.05) is 0 Å². The fourth-order valence-corrected chi connectivity index (χ4v) is 1.44. The number of hydrogen-bond acceptors (Lipinski definition) is 2. The molecular weight excluding hydrogens is 217 g/mol. The second kappa shape index (κ2) is 4.17. The van der Waals surface area contributed by atoms with Gasteiger partial charge in [0.2, 0.25) is 0 Å². The first-order chi connectivity index (χ1) is 5.72. The first-order valence-electron chi connectivity index (χ1n) is 3.43. The van der Waals surface area contributed by atoms with Gasteiger partial charge >= 0.3 is 76.5 Å². The molecule has 0 unspecified atom stereocenters. The van der Waals surface area contributed by atoms with Crippen molar-refractivity contribution in [3.8, 4) is 0 Å². The average Bonchev–Trinajstić information content (AvgIpc) is 2.05. The van der Waals surface area contributed by atoms with E-state index in [4.69, 9.17) is 5.73 Å². The van der Waals surface area contributed by atoms with Gasteiger partial charge in [-0.2, -0.15) is 0 Å². The first-order valence-corrected chi connectivity index (χ1v) is 5.13. The Bertz CT molecular complexity index is 294. The van der Waals surface area contributed by atoms with Crippen LogP contribution in [0.4, 0.5) is 0 Å². The molecule has 0 bridgehead atoms. The number of carbonyl (C=O) groups is 1. The summed E-state index contributed by atoms with van der Waals surface area (Å²) >= 11 is -0.963. The third kappa shape index (κ3) is 2.59. The summed E-state index contributed by atoms with van der Waals surface area (Å²) in [5.41, 5.74) is 5.86. The van der Waals surface area contributed by atoms with Crippen LogP contribution in [0.3, 0.4) is 0 Å². The number of amides is 1. The minimum atomic E-state index is -0.963. The van der Waals surface area contributed by atoms with E-state index in [2.05, 4.69) is 0 Å². The standard InChI is InChI=1S/C8H8AsNO2/c10-8(11)5-6-1-3-7(9-12)4-2-6/h1-4H,5H2,(H2,10,11). The van der Waals surface area contributed by atoms with E-state index in [9.17, 15) is 8.53 Å². The van der Waals surface area contributed by atoms with E-state index in [0.717, 1.165) is 9.91 Å². The topological polar surface area (TPSA) is 60.2 Å². The summed E-state index contributed by atoms with van der Waals surface area (Å²) in [6, 6.07) is 7.05. The predicted molar refractivity (Wildman–Crippen MR) is 45.4 cm³/mol. The summed E-state index contributed by atoms with van der Waals surface area (Å²) < 4.78 is 11.3. The summed E-state index contributed by atoms with van der Waals surface area (Å²) in [7, 11) is 0. The number of hydrogen-bond donors (Lipinski definition) is 1. The van der Waals surface area contributed by atoms with Crippen molar-refractivity contribution in [1.82, 2.24) is 0 Å². The van der Waals surface area contributed by atoms with Crippen LogP contribution in [0.15, 0.2) is 24.3 Å². The van der Waals surface area contributed by atoms with E-state index in [0.29, 0.717) is 0 Å². The van der Waals surface area contributed by atoms with Crippen LogP contribution in [0.5, 0.6) is 0 Å². The van der Waals surface area contributed by atoms with Gasteiger partial charge in [0.1, 0.15) is 0 Å². The van der Waals surface area contributed by atoms with Crippen LogP contribution >= 0.6 is 0 Å². The first kappa shape index (κ1) is 9.14. The SMILES string of the molecule is NC(=O)Cc1ccc([As]=O)cc1. The summed E-state index contributed by atoms with van der Waals surface area (Å²) in [5.74, 6) is -0.349. The monoisotopic (exact) mass is 225 g/mol. The molecule has 0 aromatic heterocycles. The summed E-state index contributed by atoms with van der Waals surface area (Å²) in [6.07, 6.45) is 0.246. The van der Waals surface area contributed by atoms with Crippen molar-refractivity contribution < 1.29 is 8.53 Å².